The molecule has 0 saturated heterocycles. The maximum Gasteiger partial charge on any atom is 0.387 e. The van der Waals surface area contributed by atoms with Gasteiger partial charge in [-0.3, -0.25) is 0 Å². The van der Waals surface area contributed by atoms with Gasteiger partial charge in [-0.15, -0.1) is 0 Å². The van der Waals surface area contributed by atoms with E-state index in [0.717, 1.165) is 12.8 Å². The normalized spacial score (nSPS) is 14.5. The zero-order valence-corrected chi connectivity index (χ0v) is 11.3. The predicted octanol–water partition coefficient (Wildman–Crippen LogP) is 2.40. The first-order valence-corrected chi connectivity index (χ1v) is 6.43. The molecule has 1 heterocycles. The molecule has 2 aromatic rings. The third-order valence-electron chi connectivity index (χ3n) is 3.29. The van der Waals surface area contributed by atoms with Crippen molar-refractivity contribution >= 4 is 16.7 Å². The fourth-order valence-electron chi connectivity index (χ4n) is 2.14. The lowest BCUT2D eigenvalue weighted by atomic mass is 10.2. The number of methoxy groups -OCH3 is 1. The van der Waals surface area contributed by atoms with Crippen molar-refractivity contribution in [1.82, 2.24) is 9.97 Å². The number of hydrogen-bond donors (Lipinski definition) is 2. The fourth-order valence-corrected chi connectivity index (χ4v) is 2.14. The van der Waals surface area contributed by atoms with Crippen molar-refractivity contribution in [3.05, 3.63) is 18.0 Å². The molecule has 1 aliphatic rings. The van der Waals surface area contributed by atoms with Gasteiger partial charge in [-0.2, -0.15) is 8.78 Å². The van der Waals surface area contributed by atoms with Gasteiger partial charge in [0, 0.05) is 17.4 Å². The first kappa shape index (κ1) is 13.7. The molecule has 0 radical (unpaired) electrons. The van der Waals surface area contributed by atoms with Gasteiger partial charge in [0.05, 0.1) is 12.6 Å². The van der Waals surface area contributed by atoms with E-state index in [1.165, 1.54) is 19.2 Å². The number of hydrogen-bond acceptors (Lipinski definition) is 6. The summed E-state index contributed by atoms with van der Waals surface area (Å²) in [7, 11) is 1.37. The number of nitrogens with two attached hydrogens (primary N) is 1. The van der Waals surface area contributed by atoms with E-state index in [1.807, 2.05) is 0 Å². The van der Waals surface area contributed by atoms with Crippen LogP contribution in [-0.4, -0.2) is 23.7 Å². The topological polar surface area (TPSA) is 82.3 Å². The molecule has 1 aliphatic carbocycles. The minimum absolute atomic E-state index is 0.0663. The molecule has 6 nitrogen and oxygen atoms in total. The van der Waals surface area contributed by atoms with Crippen LogP contribution in [0, 0.1) is 0 Å². The van der Waals surface area contributed by atoms with E-state index in [4.69, 9.17) is 10.6 Å². The molecule has 21 heavy (non-hydrogen) atoms. The lowest BCUT2D eigenvalue weighted by Crippen LogP contribution is -2.11. The van der Waals surface area contributed by atoms with Crippen LogP contribution in [0.1, 0.15) is 24.6 Å². The van der Waals surface area contributed by atoms with Crippen LogP contribution >= 0.6 is 0 Å². The minimum Gasteiger partial charge on any atom is -0.493 e. The molecule has 0 amide bonds. The predicted molar refractivity (Wildman–Crippen MR) is 72.5 cm³/mol. The van der Waals surface area contributed by atoms with Crippen molar-refractivity contribution in [2.75, 3.05) is 12.5 Å². The number of alkyl halides is 2. The molecule has 0 aliphatic heterocycles. The SMILES string of the molecule is COc1cc2c(NN)nc(C3CC3)nc2cc1OC(F)F. The summed E-state index contributed by atoms with van der Waals surface area (Å²) in [5.74, 6) is 6.98. The highest BCUT2D eigenvalue weighted by atomic mass is 19.3. The third-order valence-corrected chi connectivity index (χ3v) is 3.29. The second-order valence-corrected chi connectivity index (χ2v) is 4.75. The van der Waals surface area contributed by atoms with Crippen molar-refractivity contribution in [3.8, 4) is 11.5 Å². The largest absolute Gasteiger partial charge is 0.493 e. The standard InChI is InChI=1S/C13H14F2N4O2/c1-20-9-4-7-8(5-10(9)21-13(14)15)17-11(6-2-3-6)18-12(7)19-16/h4-6,13H,2-3,16H2,1H3,(H,17,18,19). The van der Waals surface area contributed by atoms with E-state index in [1.54, 1.807) is 0 Å². The number of fused-ring (bicyclic) bond motifs is 1. The van der Waals surface area contributed by atoms with Crippen LogP contribution < -0.4 is 20.7 Å². The van der Waals surface area contributed by atoms with Crippen molar-refractivity contribution in [1.29, 1.82) is 0 Å². The van der Waals surface area contributed by atoms with Crippen molar-refractivity contribution in [2.24, 2.45) is 5.84 Å². The first-order valence-electron chi connectivity index (χ1n) is 6.43. The Labute approximate surface area is 119 Å². The van der Waals surface area contributed by atoms with Gasteiger partial charge in [0.25, 0.3) is 0 Å². The molecular weight excluding hydrogens is 282 g/mol. The van der Waals surface area contributed by atoms with E-state index >= 15 is 0 Å². The van der Waals surface area contributed by atoms with Gasteiger partial charge in [0.1, 0.15) is 5.82 Å². The molecule has 1 saturated carbocycles. The summed E-state index contributed by atoms with van der Waals surface area (Å²) in [6, 6.07) is 2.94. The van der Waals surface area contributed by atoms with Crippen LogP contribution in [0.2, 0.25) is 0 Å². The van der Waals surface area contributed by atoms with Crippen LogP contribution in [0.5, 0.6) is 11.5 Å². The second-order valence-electron chi connectivity index (χ2n) is 4.75. The van der Waals surface area contributed by atoms with Crippen molar-refractivity contribution in [3.63, 3.8) is 0 Å². The lowest BCUT2D eigenvalue weighted by Gasteiger charge is -2.13. The number of nitrogens with one attached hydrogen (secondary N) is 1. The Morgan fingerprint density at radius 2 is 2.05 bits per heavy atom. The summed E-state index contributed by atoms with van der Waals surface area (Å²) in [5.41, 5.74) is 2.99. The Morgan fingerprint density at radius 3 is 2.62 bits per heavy atom. The fraction of sp³-hybridized carbons (Fsp3) is 0.385. The molecule has 1 fully saturated rings. The molecular formula is C13H14F2N4O2. The van der Waals surface area contributed by atoms with Crippen LogP contribution in [0.3, 0.4) is 0 Å². The van der Waals surface area contributed by atoms with Gasteiger partial charge in [-0.05, 0) is 18.9 Å². The summed E-state index contributed by atoms with van der Waals surface area (Å²) < 4.78 is 34.4. The number of hydrazine groups is 1. The minimum atomic E-state index is -2.94. The number of nitrogen functional groups attached to an aromatic ring is 1. The van der Waals surface area contributed by atoms with Gasteiger partial charge >= 0.3 is 6.61 Å². The summed E-state index contributed by atoms with van der Waals surface area (Å²) in [6.07, 6.45) is 2.04. The average molecular weight is 296 g/mol. The van der Waals surface area contributed by atoms with Gasteiger partial charge in [0.2, 0.25) is 0 Å². The molecule has 3 N–H and O–H groups in total. The summed E-state index contributed by atoms with van der Waals surface area (Å²) in [6.45, 7) is -2.94. The highest BCUT2D eigenvalue weighted by Crippen LogP contribution is 2.41. The average Bonchev–Trinajstić information content (AvgIpc) is 3.29. The summed E-state index contributed by atoms with van der Waals surface area (Å²) in [5, 5.41) is 0.584. The number of benzene rings is 1. The zero-order valence-electron chi connectivity index (χ0n) is 11.3. The van der Waals surface area contributed by atoms with E-state index in [2.05, 4.69) is 20.1 Å². The molecule has 112 valence electrons. The summed E-state index contributed by atoms with van der Waals surface area (Å²) in [4.78, 5) is 8.76. The number of ether oxygens (including phenoxy) is 2. The summed E-state index contributed by atoms with van der Waals surface area (Å²) >= 11 is 0. The molecule has 0 unspecified atom stereocenters. The smallest absolute Gasteiger partial charge is 0.387 e. The van der Waals surface area contributed by atoms with Crippen LogP contribution in [0.25, 0.3) is 10.9 Å². The maximum atomic E-state index is 12.5. The Bertz CT molecular complexity index is 677. The highest BCUT2D eigenvalue weighted by Gasteiger charge is 2.28. The Balaban J connectivity index is 2.16. The molecule has 1 aromatic carbocycles. The molecule has 0 bridgehead atoms. The quantitative estimate of drug-likeness (QED) is 0.651. The first-order chi connectivity index (χ1) is 10.1. The van der Waals surface area contributed by atoms with E-state index in [-0.39, 0.29) is 11.5 Å². The number of rotatable bonds is 5. The van der Waals surface area contributed by atoms with E-state index in [0.29, 0.717) is 28.5 Å². The van der Waals surface area contributed by atoms with Crippen molar-refractivity contribution < 1.29 is 18.3 Å². The lowest BCUT2D eigenvalue weighted by molar-refractivity contribution is -0.0511. The monoisotopic (exact) mass is 296 g/mol. The highest BCUT2D eigenvalue weighted by molar-refractivity contribution is 5.91. The molecule has 0 spiro atoms. The van der Waals surface area contributed by atoms with Crippen LogP contribution in [0.4, 0.5) is 14.6 Å². The van der Waals surface area contributed by atoms with Gasteiger partial charge in [-0.25, -0.2) is 15.8 Å². The number of nitrogens with zero attached hydrogens (tertiary/aromatic N) is 2. The zero-order chi connectivity index (χ0) is 15.0. The molecule has 1 aromatic heterocycles. The van der Waals surface area contributed by atoms with Gasteiger partial charge in [-0.1, -0.05) is 0 Å². The van der Waals surface area contributed by atoms with Gasteiger partial charge in [0.15, 0.2) is 17.3 Å². The third kappa shape index (κ3) is 2.66. The Hall–Kier alpha value is -2.22. The maximum absolute atomic E-state index is 12.5. The second kappa shape index (κ2) is 5.28. The van der Waals surface area contributed by atoms with Crippen molar-refractivity contribution in [2.45, 2.75) is 25.4 Å². The van der Waals surface area contributed by atoms with E-state index in [9.17, 15) is 8.78 Å². The molecule has 8 heteroatoms. The number of halogens is 2. The van der Waals surface area contributed by atoms with Gasteiger partial charge < -0.3 is 14.9 Å². The molecule has 0 atom stereocenters. The van der Waals surface area contributed by atoms with Crippen LogP contribution in [0.15, 0.2) is 12.1 Å². The Kier molecular flexibility index (Phi) is 3.46. The Morgan fingerprint density at radius 1 is 1.29 bits per heavy atom. The number of anilines is 1. The van der Waals surface area contributed by atoms with E-state index < -0.39 is 6.61 Å². The van der Waals surface area contributed by atoms with Crippen LogP contribution in [-0.2, 0) is 0 Å². The molecule has 3 rings (SSSR count). The number of aromatic nitrogens is 2.